The molecule has 4 heteroatoms. The third-order valence-corrected chi connectivity index (χ3v) is 5.86. The lowest BCUT2D eigenvalue weighted by atomic mass is 9.74. The fourth-order valence-corrected chi connectivity index (χ4v) is 4.10. The van der Waals surface area contributed by atoms with Gasteiger partial charge in [0.05, 0.1) is 12.0 Å². The maximum atomic E-state index is 12.9. The van der Waals surface area contributed by atoms with E-state index in [9.17, 15) is 4.79 Å². The van der Waals surface area contributed by atoms with Gasteiger partial charge in [-0.25, -0.2) is 0 Å². The second-order valence-electron chi connectivity index (χ2n) is 7.15. The van der Waals surface area contributed by atoms with Crippen LogP contribution in [0, 0.1) is 11.3 Å². The summed E-state index contributed by atoms with van der Waals surface area (Å²) in [5, 5.41) is 6.65. The molecule has 1 amide bonds. The molecule has 2 heterocycles. The first-order valence-electron chi connectivity index (χ1n) is 8.38. The van der Waals surface area contributed by atoms with Crippen molar-refractivity contribution in [3.63, 3.8) is 0 Å². The maximum absolute atomic E-state index is 12.9. The van der Waals surface area contributed by atoms with Crippen molar-refractivity contribution in [1.82, 2.24) is 10.6 Å². The van der Waals surface area contributed by atoms with Crippen molar-refractivity contribution in [2.45, 2.75) is 24.7 Å². The average molecular weight is 300 g/mol. The molecule has 0 radical (unpaired) electrons. The van der Waals surface area contributed by atoms with Gasteiger partial charge in [-0.15, -0.1) is 0 Å². The van der Waals surface area contributed by atoms with Gasteiger partial charge in [-0.2, -0.15) is 0 Å². The van der Waals surface area contributed by atoms with Gasteiger partial charge in [0.15, 0.2) is 0 Å². The van der Waals surface area contributed by atoms with Crippen LogP contribution in [0.3, 0.4) is 0 Å². The minimum Gasteiger partial charge on any atom is -0.380 e. The van der Waals surface area contributed by atoms with Crippen LogP contribution in [0.25, 0.3) is 0 Å². The first-order chi connectivity index (χ1) is 10.8. The standard InChI is InChI=1S/C18H24N2O2/c21-16(18-12-19-10-15(18)6-9-22-13-18)20-11-17(7-8-17)14-4-2-1-3-5-14/h1-5,15,19H,6-13H2,(H,20,21)/t15-,18+/m1/s1. The van der Waals surface area contributed by atoms with E-state index in [0.717, 1.165) is 32.7 Å². The first-order valence-corrected chi connectivity index (χ1v) is 8.38. The Balaban J connectivity index is 1.45. The Labute approximate surface area is 131 Å². The highest BCUT2D eigenvalue weighted by Crippen LogP contribution is 2.48. The zero-order valence-corrected chi connectivity index (χ0v) is 12.9. The molecule has 1 aromatic rings. The molecule has 2 aliphatic heterocycles. The monoisotopic (exact) mass is 300 g/mol. The highest BCUT2D eigenvalue weighted by Gasteiger charge is 2.52. The SMILES string of the molecule is O=C(NCC1(c2ccccc2)CC1)[C@]12CNC[C@H]1CCOC2. The Morgan fingerprint density at radius 2 is 2.14 bits per heavy atom. The van der Waals surface area contributed by atoms with Crippen molar-refractivity contribution in [1.29, 1.82) is 0 Å². The lowest BCUT2D eigenvalue weighted by Gasteiger charge is -2.37. The molecule has 4 rings (SSSR count). The third kappa shape index (κ3) is 2.25. The average Bonchev–Trinajstić information content (AvgIpc) is 3.24. The van der Waals surface area contributed by atoms with Crippen LogP contribution in [-0.4, -0.2) is 38.8 Å². The molecule has 2 atom stereocenters. The highest BCUT2D eigenvalue weighted by atomic mass is 16.5. The van der Waals surface area contributed by atoms with Crippen molar-refractivity contribution in [2.24, 2.45) is 11.3 Å². The Kier molecular flexibility index (Phi) is 3.46. The number of benzene rings is 1. The van der Waals surface area contributed by atoms with Gasteiger partial charge in [0, 0.05) is 25.1 Å². The molecule has 4 nitrogen and oxygen atoms in total. The highest BCUT2D eigenvalue weighted by molar-refractivity contribution is 5.84. The van der Waals surface area contributed by atoms with Crippen LogP contribution in [0.15, 0.2) is 30.3 Å². The van der Waals surface area contributed by atoms with E-state index in [1.54, 1.807) is 0 Å². The molecule has 1 aliphatic carbocycles. The molecule has 1 aromatic carbocycles. The summed E-state index contributed by atoms with van der Waals surface area (Å²) in [6.07, 6.45) is 3.33. The van der Waals surface area contributed by atoms with E-state index in [1.165, 1.54) is 18.4 Å². The number of hydrogen-bond acceptors (Lipinski definition) is 3. The van der Waals surface area contributed by atoms with Gasteiger partial charge in [0.1, 0.15) is 0 Å². The lowest BCUT2D eigenvalue weighted by molar-refractivity contribution is -0.141. The summed E-state index contributed by atoms with van der Waals surface area (Å²) in [5.41, 5.74) is 1.18. The van der Waals surface area contributed by atoms with Crippen LogP contribution < -0.4 is 10.6 Å². The smallest absolute Gasteiger partial charge is 0.230 e. The van der Waals surface area contributed by atoms with Crippen molar-refractivity contribution in [3.8, 4) is 0 Å². The van der Waals surface area contributed by atoms with E-state index in [-0.39, 0.29) is 16.7 Å². The summed E-state index contributed by atoms with van der Waals surface area (Å²) in [5.74, 6) is 0.609. The van der Waals surface area contributed by atoms with Crippen molar-refractivity contribution >= 4 is 5.91 Å². The quantitative estimate of drug-likeness (QED) is 0.885. The third-order valence-electron chi connectivity index (χ3n) is 5.86. The maximum Gasteiger partial charge on any atom is 0.230 e. The summed E-state index contributed by atoms with van der Waals surface area (Å²) >= 11 is 0. The number of hydrogen-bond donors (Lipinski definition) is 2. The van der Waals surface area contributed by atoms with Crippen LogP contribution in [0.2, 0.25) is 0 Å². The number of amides is 1. The molecule has 1 saturated carbocycles. The summed E-state index contributed by atoms with van der Waals surface area (Å²) < 4.78 is 5.64. The van der Waals surface area contributed by atoms with E-state index < -0.39 is 0 Å². The zero-order chi connectivity index (χ0) is 15.0. The predicted octanol–water partition coefficient (Wildman–Crippen LogP) is 1.46. The number of rotatable bonds is 4. The Morgan fingerprint density at radius 3 is 2.91 bits per heavy atom. The largest absolute Gasteiger partial charge is 0.380 e. The minimum atomic E-state index is -0.342. The van der Waals surface area contributed by atoms with Crippen molar-refractivity contribution in [3.05, 3.63) is 35.9 Å². The minimum absolute atomic E-state index is 0.171. The van der Waals surface area contributed by atoms with Gasteiger partial charge in [0.2, 0.25) is 5.91 Å². The fraction of sp³-hybridized carbons (Fsp3) is 0.611. The number of carbonyl (C=O) groups is 1. The van der Waals surface area contributed by atoms with Crippen molar-refractivity contribution in [2.75, 3.05) is 32.8 Å². The van der Waals surface area contributed by atoms with Crippen LogP contribution in [0.1, 0.15) is 24.8 Å². The van der Waals surface area contributed by atoms with Crippen LogP contribution >= 0.6 is 0 Å². The molecule has 0 unspecified atom stereocenters. The topological polar surface area (TPSA) is 50.4 Å². The fourth-order valence-electron chi connectivity index (χ4n) is 4.10. The van der Waals surface area contributed by atoms with Gasteiger partial charge in [-0.3, -0.25) is 4.79 Å². The summed E-state index contributed by atoms with van der Waals surface area (Å²) in [6.45, 7) is 3.80. The van der Waals surface area contributed by atoms with E-state index in [0.29, 0.717) is 12.5 Å². The number of carbonyl (C=O) groups excluding carboxylic acids is 1. The second-order valence-corrected chi connectivity index (χ2v) is 7.15. The summed E-state index contributed by atoms with van der Waals surface area (Å²) in [7, 11) is 0. The lowest BCUT2D eigenvalue weighted by Crippen LogP contribution is -2.53. The Bertz CT molecular complexity index is 555. The summed E-state index contributed by atoms with van der Waals surface area (Å²) in [4.78, 5) is 12.9. The molecule has 2 N–H and O–H groups in total. The molecular formula is C18H24N2O2. The summed E-state index contributed by atoms with van der Waals surface area (Å²) in [6, 6.07) is 10.6. The zero-order valence-electron chi connectivity index (χ0n) is 12.9. The molecule has 3 aliphatic rings. The first kappa shape index (κ1) is 14.2. The number of nitrogens with one attached hydrogen (secondary N) is 2. The van der Waals surface area contributed by atoms with Gasteiger partial charge in [-0.05, 0) is 37.3 Å². The van der Waals surface area contributed by atoms with E-state index in [2.05, 4.69) is 34.9 Å². The van der Waals surface area contributed by atoms with E-state index >= 15 is 0 Å². The van der Waals surface area contributed by atoms with Crippen LogP contribution in [0.4, 0.5) is 0 Å². The normalized spacial score (nSPS) is 32.3. The van der Waals surface area contributed by atoms with E-state index in [4.69, 9.17) is 4.74 Å². The molecule has 0 bridgehead atoms. The molecule has 0 spiro atoms. The van der Waals surface area contributed by atoms with Crippen LogP contribution in [-0.2, 0) is 14.9 Å². The Hall–Kier alpha value is -1.39. The van der Waals surface area contributed by atoms with Gasteiger partial charge < -0.3 is 15.4 Å². The molecule has 118 valence electrons. The predicted molar refractivity (Wildman–Crippen MR) is 84.6 cm³/mol. The van der Waals surface area contributed by atoms with Crippen molar-refractivity contribution < 1.29 is 9.53 Å². The Morgan fingerprint density at radius 1 is 1.32 bits per heavy atom. The number of fused-ring (bicyclic) bond motifs is 1. The van der Waals surface area contributed by atoms with Gasteiger partial charge in [-0.1, -0.05) is 30.3 Å². The second kappa shape index (κ2) is 5.36. The van der Waals surface area contributed by atoms with E-state index in [1.807, 2.05) is 6.07 Å². The molecule has 22 heavy (non-hydrogen) atoms. The molecular weight excluding hydrogens is 276 g/mol. The number of ether oxygens (including phenoxy) is 1. The molecule has 0 aromatic heterocycles. The molecule has 3 fully saturated rings. The van der Waals surface area contributed by atoms with Gasteiger partial charge >= 0.3 is 0 Å². The van der Waals surface area contributed by atoms with Crippen LogP contribution in [0.5, 0.6) is 0 Å². The molecule has 2 saturated heterocycles. The van der Waals surface area contributed by atoms with Gasteiger partial charge in [0.25, 0.3) is 0 Å².